The van der Waals surface area contributed by atoms with Gasteiger partial charge in [-0.1, -0.05) is 51.9 Å². The highest BCUT2D eigenvalue weighted by atomic mass is 32.2. The van der Waals surface area contributed by atoms with Crippen molar-refractivity contribution in [1.29, 1.82) is 0 Å². The van der Waals surface area contributed by atoms with E-state index in [-0.39, 0.29) is 11.4 Å². The number of unbranched alkanes of at least 4 members (excludes halogenated alkanes) is 6. The molecule has 9 nitrogen and oxygen atoms in total. The van der Waals surface area contributed by atoms with E-state index in [9.17, 15) is 4.21 Å². The molecule has 0 aliphatic carbocycles. The van der Waals surface area contributed by atoms with Crippen LogP contribution in [-0.4, -0.2) is 119 Å². The molecule has 1 atom stereocenters. The molecule has 0 heterocycles. The molecule has 0 saturated heterocycles. The zero-order valence-electron chi connectivity index (χ0n) is 24.6. The van der Waals surface area contributed by atoms with E-state index < -0.39 is 10.8 Å². The van der Waals surface area contributed by atoms with Gasteiger partial charge in [0.1, 0.15) is 0 Å². The SMILES string of the molecule is CCCCCCCCCC(C)(C)S(=O)CCOCCOCCOCCOCCOCCOCCOCCO. The second-order valence-corrected chi connectivity index (χ2v) is 11.9. The van der Waals surface area contributed by atoms with Crippen LogP contribution in [0.25, 0.3) is 0 Å². The van der Waals surface area contributed by atoms with Gasteiger partial charge in [-0.2, -0.15) is 0 Å². The first-order valence-electron chi connectivity index (χ1n) is 14.6. The first kappa shape index (κ1) is 37.8. The summed E-state index contributed by atoms with van der Waals surface area (Å²) in [5, 5.41) is 8.57. The van der Waals surface area contributed by atoms with Gasteiger partial charge in [-0.3, -0.25) is 4.21 Å². The summed E-state index contributed by atoms with van der Waals surface area (Å²) in [5.74, 6) is 0.576. The second-order valence-electron chi connectivity index (χ2n) is 9.69. The van der Waals surface area contributed by atoms with Crippen molar-refractivity contribution in [2.45, 2.75) is 76.9 Å². The Kier molecular flexibility index (Phi) is 29.7. The number of hydrogen-bond acceptors (Lipinski definition) is 9. The van der Waals surface area contributed by atoms with Gasteiger partial charge < -0.3 is 38.3 Å². The highest BCUT2D eigenvalue weighted by Crippen LogP contribution is 2.22. The predicted octanol–water partition coefficient (Wildman–Crippen LogP) is 3.76. The molecule has 0 bridgehead atoms. The maximum absolute atomic E-state index is 12.6. The lowest BCUT2D eigenvalue weighted by atomic mass is 10.0. The van der Waals surface area contributed by atoms with Gasteiger partial charge in [-0.25, -0.2) is 0 Å². The van der Waals surface area contributed by atoms with Crippen molar-refractivity contribution in [3.8, 4) is 0 Å². The Hall–Kier alpha value is -0.170. The van der Waals surface area contributed by atoms with Gasteiger partial charge in [-0.05, 0) is 20.3 Å². The van der Waals surface area contributed by atoms with Crippen LogP contribution < -0.4 is 0 Å². The van der Waals surface area contributed by atoms with Crippen molar-refractivity contribution in [3.05, 3.63) is 0 Å². The van der Waals surface area contributed by atoms with Gasteiger partial charge >= 0.3 is 0 Å². The van der Waals surface area contributed by atoms with E-state index in [0.717, 1.165) is 12.8 Å². The van der Waals surface area contributed by atoms with Crippen molar-refractivity contribution in [2.24, 2.45) is 0 Å². The molecule has 1 unspecified atom stereocenters. The topological polar surface area (TPSA) is 102 Å². The van der Waals surface area contributed by atoms with Gasteiger partial charge in [0.15, 0.2) is 0 Å². The number of rotatable bonds is 32. The van der Waals surface area contributed by atoms with Gasteiger partial charge in [0.2, 0.25) is 0 Å². The first-order chi connectivity index (χ1) is 18.5. The number of aliphatic hydroxyl groups is 1. The summed E-state index contributed by atoms with van der Waals surface area (Å²) >= 11 is 0. The van der Waals surface area contributed by atoms with E-state index in [0.29, 0.717) is 98.2 Å². The number of ether oxygens (including phenoxy) is 7. The van der Waals surface area contributed by atoms with Crippen molar-refractivity contribution in [2.75, 3.05) is 105 Å². The van der Waals surface area contributed by atoms with Crippen LogP contribution in [0.2, 0.25) is 0 Å². The third-order valence-electron chi connectivity index (χ3n) is 5.88. The van der Waals surface area contributed by atoms with E-state index in [1.807, 2.05) is 0 Å². The molecule has 1 N–H and O–H groups in total. The Morgan fingerprint density at radius 3 is 1.26 bits per heavy atom. The Balaban J connectivity index is 3.31. The Morgan fingerprint density at radius 1 is 0.526 bits per heavy atom. The lowest BCUT2D eigenvalue weighted by molar-refractivity contribution is -0.0211. The molecule has 0 aromatic rings. The maximum atomic E-state index is 12.6. The lowest BCUT2D eigenvalue weighted by Crippen LogP contribution is -2.30. The van der Waals surface area contributed by atoms with Gasteiger partial charge in [0, 0.05) is 21.3 Å². The smallest absolute Gasteiger partial charge is 0.0701 e. The normalized spacial score (nSPS) is 12.8. The van der Waals surface area contributed by atoms with E-state index in [4.69, 9.17) is 38.3 Å². The van der Waals surface area contributed by atoms with Crippen molar-refractivity contribution >= 4 is 10.8 Å². The Morgan fingerprint density at radius 2 is 0.868 bits per heavy atom. The van der Waals surface area contributed by atoms with Gasteiger partial charge in [0.05, 0.1) is 99.1 Å². The van der Waals surface area contributed by atoms with Crippen LogP contribution in [0, 0.1) is 0 Å². The molecule has 0 aromatic carbocycles. The van der Waals surface area contributed by atoms with Crippen LogP contribution in [-0.2, 0) is 44.0 Å². The fraction of sp³-hybridized carbons (Fsp3) is 1.00. The third-order valence-corrected chi connectivity index (χ3v) is 7.85. The summed E-state index contributed by atoms with van der Waals surface area (Å²) < 4.78 is 50.3. The molecule has 38 heavy (non-hydrogen) atoms. The minimum atomic E-state index is -0.882. The lowest BCUT2D eigenvalue weighted by Gasteiger charge is -2.24. The zero-order valence-corrected chi connectivity index (χ0v) is 25.4. The molecule has 0 rings (SSSR count). The molecular formula is C28H58O9S. The molecular weight excluding hydrogens is 512 g/mol. The predicted molar refractivity (Wildman–Crippen MR) is 153 cm³/mol. The van der Waals surface area contributed by atoms with E-state index in [1.165, 1.54) is 38.5 Å². The zero-order chi connectivity index (χ0) is 28.0. The van der Waals surface area contributed by atoms with Crippen LogP contribution in [0.15, 0.2) is 0 Å². The monoisotopic (exact) mass is 570 g/mol. The average molecular weight is 571 g/mol. The van der Waals surface area contributed by atoms with Crippen molar-refractivity contribution < 1.29 is 42.5 Å². The molecule has 0 aliphatic rings. The summed E-state index contributed by atoms with van der Waals surface area (Å²) in [4.78, 5) is 0. The van der Waals surface area contributed by atoms with Crippen molar-refractivity contribution in [1.82, 2.24) is 0 Å². The van der Waals surface area contributed by atoms with Gasteiger partial charge in [0.25, 0.3) is 0 Å². The Bertz CT molecular complexity index is 495. The van der Waals surface area contributed by atoms with Crippen LogP contribution >= 0.6 is 0 Å². The van der Waals surface area contributed by atoms with E-state index >= 15 is 0 Å². The summed E-state index contributed by atoms with van der Waals surface area (Å²) in [6, 6.07) is 0. The average Bonchev–Trinajstić information content (AvgIpc) is 2.90. The van der Waals surface area contributed by atoms with Gasteiger partial charge in [-0.15, -0.1) is 0 Å². The standard InChI is InChI=1S/C28H58O9S/c1-4-5-6-7-8-9-10-11-28(2,3)38(30)27-26-37-25-24-36-23-22-35-21-20-34-19-18-33-17-16-32-15-14-31-13-12-29/h29H,4-27H2,1-3H3. The van der Waals surface area contributed by atoms with E-state index in [2.05, 4.69) is 20.8 Å². The van der Waals surface area contributed by atoms with Crippen LogP contribution in [0.5, 0.6) is 0 Å². The van der Waals surface area contributed by atoms with Crippen LogP contribution in [0.1, 0.15) is 72.1 Å². The molecule has 0 aromatic heterocycles. The summed E-state index contributed by atoms with van der Waals surface area (Å²) in [7, 11) is -0.882. The minimum absolute atomic E-state index is 0.0292. The maximum Gasteiger partial charge on any atom is 0.0701 e. The fourth-order valence-electron chi connectivity index (χ4n) is 3.52. The highest BCUT2D eigenvalue weighted by molar-refractivity contribution is 7.86. The molecule has 0 amide bonds. The third kappa shape index (κ3) is 27.4. The molecule has 10 heteroatoms. The summed E-state index contributed by atoms with van der Waals surface area (Å²) in [5.41, 5.74) is 0. The Labute approximate surface area is 235 Å². The first-order valence-corrected chi connectivity index (χ1v) is 15.9. The molecule has 0 aliphatic heterocycles. The number of aliphatic hydroxyl groups excluding tert-OH is 1. The quantitative estimate of drug-likeness (QED) is 0.121. The van der Waals surface area contributed by atoms with E-state index in [1.54, 1.807) is 0 Å². The summed E-state index contributed by atoms with van der Waals surface area (Å²) in [6.45, 7) is 13.4. The molecule has 0 saturated carbocycles. The highest BCUT2D eigenvalue weighted by Gasteiger charge is 2.24. The van der Waals surface area contributed by atoms with Crippen LogP contribution in [0.3, 0.4) is 0 Å². The van der Waals surface area contributed by atoms with Crippen LogP contribution in [0.4, 0.5) is 0 Å². The largest absolute Gasteiger partial charge is 0.394 e. The minimum Gasteiger partial charge on any atom is -0.394 e. The number of hydrogen-bond donors (Lipinski definition) is 1. The second kappa shape index (κ2) is 29.8. The fourth-order valence-corrected chi connectivity index (χ4v) is 4.71. The summed E-state index contributed by atoms with van der Waals surface area (Å²) in [6.07, 6.45) is 9.99. The molecule has 0 fully saturated rings. The molecule has 230 valence electrons. The molecule has 0 spiro atoms. The molecule has 0 radical (unpaired) electrons. The van der Waals surface area contributed by atoms with Crippen molar-refractivity contribution in [3.63, 3.8) is 0 Å².